The molecular weight excluding hydrogens is 330 g/mol. The van der Waals surface area contributed by atoms with Crippen LogP contribution in [0, 0.1) is 17.2 Å². The lowest BCUT2D eigenvalue weighted by molar-refractivity contribution is 0.0488. The molecule has 1 fully saturated rings. The Balaban J connectivity index is 1.75. The molecule has 2 N–H and O–H groups in total. The fourth-order valence-corrected chi connectivity index (χ4v) is 3.14. The second kappa shape index (κ2) is 8.79. The minimum atomic E-state index is -0.465. The largest absolute Gasteiger partial charge is 0.495 e. The van der Waals surface area contributed by atoms with Crippen LogP contribution in [0.3, 0.4) is 0 Å². The maximum Gasteiger partial charge on any atom is 0.407 e. The molecule has 1 aliphatic carbocycles. The quantitative estimate of drug-likeness (QED) is 0.828. The summed E-state index contributed by atoms with van der Waals surface area (Å²) in [7, 11) is 1.57. The number of anilines is 1. The molecule has 142 valence electrons. The number of carbonyl (C=O) groups excluding carboxylic acids is 1. The highest BCUT2D eigenvalue weighted by Gasteiger charge is 2.24. The van der Waals surface area contributed by atoms with Gasteiger partial charge in [-0.2, -0.15) is 5.26 Å². The molecule has 1 aromatic carbocycles. The van der Waals surface area contributed by atoms with Crippen molar-refractivity contribution in [1.29, 1.82) is 5.26 Å². The van der Waals surface area contributed by atoms with Gasteiger partial charge in [0, 0.05) is 24.3 Å². The summed E-state index contributed by atoms with van der Waals surface area (Å²) in [6.07, 6.45) is 3.70. The molecule has 0 aromatic heterocycles. The van der Waals surface area contributed by atoms with Gasteiger partial charge in [-0.1, -0.05) is 0 Å². The number of amides is 1. The van der Waals surface area contributed by atoms with E-state index in [0.717, 1.165) is 37.9 Å². The maximum atomic E-state index is 11.9. The first-order chi connectivity index (χ1) is 12.3. The van der Waals surface area contributed by atoms with Gasteiger partial charge in [-0.15, -0.1) is 0 Å². The van der Waals surface area contributed by atoms with E-state index in [1.54, 1.807) is 13.2 Å². The second-order valence-electron chi connectivity index (χ2n) is 7.77. The molecule has 1 saturated carbocycles. The highest BCUT2D eigenvalue weighted by molar-refractivity contribution is 5.68. The fraction of sp³-hybridized carbons (Fsp3) is 0.600. The van der Waals surface area contributed by atoms with Crippen LogP contribution in [-0.4, -0.2) is 31.4 Å². The summed E-state index contributed by atoms with van der Waals surface area (Å²) in [5.41, 5.74) is 1.02. The summed E-state index contributed by atoms with van der Waals surface area (Å²) in [6.45, 7) is 6.47. The molecule has 1 aliphatic rings. The number of hydrogen-bond donors (Lipinski definition) is 2. The Hall–Kier alpha value is -2.42. The van der Waals surface area contributed by atoms with E-state index in [-0.39, 0.29) is 12.1 Å². The van der Waals surface area contributed by atoms with Crippen LogP contribution in [0.4, 0.5) is 10.5 Å². The molecule has 0 saturated heterocycles. The standard InChI is InChI=1S/C20H29N3O3/c1-20(2,3)26-19(24)23-16-8-5-14(6-9-16)13-22-17-10-7-15(12-21)18(11-17)25-4/h7,10-11,14,16,22H,5-6,8-9,13H2,1-4H3,(H,23,24)/t14-,16-. The zero-order valence-electron chi connectivity index (χ0n) is 16.1. The van der Waals surface area contributed by atoms with Crippen LogP contribution in [0.1, 0.15) is 52.0 Å². The smallest absolute Gasteiger partial charge is 0.407 e. The van der Waals surface area contributed by atoms with Gasteiger partial charge in [0.1, 0.15) is 17.4 Å². The third-order valence-corrected chi connectivity index (χ3v) is 4.48. The van der Waals surface area contributed by atoms with Crippen LogP contribution < -0.4 is 15.4 Å². The van der Waals surface area contributed by atoms with Crippen molar-refractivity contribution < 1.29 is 14.3 Å². The number of ether oxygens (including phenoxy) is 2. The molecule has 0 radical (unpaired) electrons. The Kier molecular flexibility index (Phi) is 6.73. The Morgan fingerprint density at radius 2 is 1.96 bits per heavy atom. The highest BCUT2D eigenvalue weighted by Crippen LogP contribution is 2.27. The van der Waals surface area contributed by atoms with E-state index < -0.39 is 5.60 Å². The van der Waals surface area contributed by atoms with Crippen molar-refractivity contribution in [2.24, 2.45) is 5.92 Å². The summed E-state index contributed by atoms with van der Waals surface area (Å²) in [5.74, 6) is 1.15. The molecule has 1 aromatic rings. The van der Waals surface area contributed by atoms with Gasteiger partial charge in [0.15, 0.2) is 0 Å². The fourth-order valence-electron chi connectivity index (χ4n) is 3.14. The third kappa shape index (κ3) is 6.14. The molecular formula is C20H29N3O3. The van der Waals surface area contributed by atoms with E-state index in [9.17, 15) is 4.79 Å². The molecule has 6 nitrogen and oxygen atoms in total. The first-order valence-corrected chi connectivity index (χ1v) is 9.12. The van der Waals surface area contributed by atoms with E-state index in [1.165, 1.54) is 0 Å². The zero-order valence-corrected chi connectivity index (χ0v) is 16.1. The molecule has 2 rings (SSSR count). The summed E-state index contributed by atoms with van der Waals surface area (Å²) >= 11 is 0. The molecule has 26 heavy (non-hydrogen) atoms. The van der Waals surface area contributed by atoms with Crippen molar-refractivity contribution in [2.45, 2.75) is 58.1 Å². The minimum Gasteiger partial charge on any atom is -0.495 e. The van der Waals surface area contributed by atoms with Crippen molar-refractivity contribution in [1.82, 2.24) is 5.32 Å². The topological polar surface area (TPSA) is 83.4 Å². The van der Waals surface area contributed by atoms with Crippen LogP contribution in [0.5, 0.6) is 5.75 Å². The average molecular weight is 359 g/mol. The normalized spacial score (nSPS) is 20.0. The number of methoxy groups -OCH3 is 1. The third-order valence-electron chi connectivity index (χ3n) is 4.48. The second-order valence-corrected chi connectivity index (χ2v) is 7.77. The molecule has 0 bridgehead atoms. The van der Waals surface area contributed by atoms with Gasteiger partial charge in [-0.25, -0.2) is 4.79 Å². The summed E-state index contributed by atoms with van der Waals surface area (Å²) in [6, 6.07) is 7.83. The molecule has 1 amide bonds. The summed E-state index contributed by atoms with van der Waals surface area (Å²) < 4.78 is 10.6. The minimum absolute atomic E-state index is 0.191. The average Bonchev–Trinajstić information content (AvgIpc) is 2.59. The van der Waals surface area contributed by atoms with Crippen molar-refractivity contribution in [3.8, 4) is 11.8 Å². The Morgan fingerprint density at radius 1 is 1.27 bits per heavy atom. The van der Waals surface area contributed by atoms with Gasteiger partial charge in [-0.3, -0.25) is 0 Å². The first-order valence-electron chi connectivity index (χ1n) is 9.12. The summed E-state index contributed by atoms with van der Waals surface area (Å²) in [4.78, 5) is 11.9. The Labute approximate surface area is 155 Å². The van der Waals surface area contributed by atoms with Gasteiger partial charge < -0.3 is 20.1 Å². The van der Waals surface area contributed by atoms with Crippen LogP contribution in [0.2, 0.25) is 0 Å². The molecule has 0 spiro atoms. The number of nitrogens with zero attached hydrogens (tertiary/aromatic N) is 1. The maximum absolute atomic E-state index is 11.9. The predicted molar refractivity (Wildman–Crippen MR) is 101 cm³/mol. The van der Waals surface area contributed by atoms with E-state index in [1.807, 2.05) is 32.9 Å². The van der Waals surface area contributed by atoms with Gasteiger partial charge in [-0.05, 0) is 64.5 Å². The van der Waals surface area contributed by atoms with Crippen LogP contribution in [0.25, 0.3) is 0 Å². The van der Waals surface area contributed by atoms with Crippen LogP contribution in [0.15, 0.2) is 18.2 Å². The van der Waals surface area contributed by atoms with Crippen LogP contribution >= 0.6 is 0 Å². The van der Waals surface area contributed by atoms with Gasteiger partial charge in [0.05, 0.1) is 12.7 Å². The van der Waals surface area contributed by atoms with Gasteiger partial charge in [0.25, 0.3) is 0 Å². The molecule has 0 unspecified atom stereocenters. The van der Waals surface area contributed by atoms with E-state index in [0.29, 0.717) is 17.2 Å². The molecule has 0 aliphatic heterocycles. The number of hydrogen-bond acceptors (Lipinski definition) is 5. The SMILES string of the molecule is COc1cc(NC[C@H]2CC[C@H](NC(=O)OC(C)(C)C)CC2)ccc1C#N. The summed E-state index contributed by atoms with van der Waals surface area (Å²) in [5, 5.41) is 15.4. The van der Waals surface area contributed by atoms with E-state index in [2.05, 4.69) is 16.7 Å². The Morgan fingerprint density at radius 3 is 2.54 bits per heavy atom. The van der Waals surface area contributed by atoms with Crippen molar-refractivity contribution in [3.63, 3.8) is 0 Å². The van der Waals surface area contributed by atoms with E-state index in [4.69, 9.17) is 14.7 Å². The molecule has 0 heterocycles. The number of benzene rings is 1. The lowest BCUT2D eigenvalue weighted by Crippen LogP contribution is -2.41. The number of nitriles is 1. The van der Waals surface area contributed by atoms with Crippen LogP contribution in [-0.2, 0) is 4.74 Å². The number of nitrogens with one attached hydrogen (secondary N) is 2. The molecule has 6 heteroatoms. The van der Waals surface area contributed by atoms with Crippen molar-refractivity contribution >= 4 is 11.8 Å². The predicted octanol–water partition coefficient (Wildman–Crippen LogP) is 4.06. The zero-order chi connectivity index (χ0) is 19.2. The highest BCUT2D eigenvalue weighted by atomic mass is 16.6. The molecule has 0 atom stereocenters. The number of alkyl carbamates (subject to hydrolysis) is 1. The van der Waals surface area contributed by atoms with Crippen molar-refractivity contribution in [2.75, 3.05) is 19.0 Å². The lowest BCUT2D eigenvalue weighted by atomic mass is 9.86. The van der Waals surface area contributed by atoms with Crippen molar-refractivity contribution in [3.05, 3.63) is 23.8 Å². The van der Waals surface area contributed by atoms with Gasteiger partial charge >= 0.3 is 6.09 Å². The lowest BCUT2D eigenvalue weighted by Gasteiger charge is -2.30. The van der Waals surface area contributed by atoms with E-state index >= 15 is 0 Å². The monoisotopic (exact) mass is 359 g/mol. The Bertz CT molecular complexity index is 653. The number of rotatable bonds is 5. The number of carbonyl (C=O) groups is 1. The van der Waals surface area contributed by atoms with Gasteiger partial charge in [0.2, 0.25) is 0 Å². The first kappa shape index (κ1) is 19.9.